The number of anilines is 2. The van der Waals surface area contributed by atoms with Crippen molar-refractivity contribution in [1.29, 1.82) is 0 Å². The van der Waals surface area contributed by atoms with Gasteiger partial charge in [-0.25, -0.2) is 19.3 Å². The van der Waals surface area contributed by atoms with Gasteiger partial charge in [-0.05, 0) is 55.5 Å². The summed E-state index contributed by atoms with van der Waals surface area (Å²) in [5.41, 5.74) is 4.30. The van der Waals surface area contributed by atoms with Crippen molar-refractivity contribution < 1.29 is 9.18 Å². The third-order valence-corrected chi connectivity index (χ3v) is 5.67. The van der Waals surface area contributed by atoms with Crippen LogP contribution in [0.2, 0.25) is 0 Å². The lowest BCUT2D eigenvalue weighted by atomic mass is 10.1. The van der Waals surface area contributed by atoms with E-state index in [2.05, 4.69) is 27.5 Å². The van der Waals surface area contributed by atoms with Gasteiger partial charge in [0.15, 0.2) is 5.82 Å². The van der Waals surface area contributed by atoms with E-state index in [0.29, 0.717) is 47.2 Å². The number of fused-ring (bicyclic) bond motifs is 1. The Morgan fingerprint density at radius 3 is 2.61 bits per heavy atom. The van der Waals surface area contributed by atoms with Crippen LogP contribution in [0.5, 0.6) is 0 Å². The zero-order valence-electron chi connectivity index (χ0n) is 18.1. The molecule has 0 bridgehead atoms. The van der Waals surface area contributed by atoms with Crippen LogP contribution in [-0.4, -0.2) is 51.4 Å². The Kier molecular flexibility index (Phi) is 5.66. The van der Waals surface area contributed by atoms with Gasteiger partial charge >= 0.3 is 0 Å². The van der Waals surface area contributed by atoms with E-state index in [1.54, 1.807) is 12.1 Å². The van der Waals surface area contributed by atoms with E-state index in [1.165, 1.54) is 18.5 Å². The van der Waals surface area contributed by atoms with Gasteiger partial charge in [0, 0.05) is 42.5 Å². The molecule has 0 radical (unpaired) electrons. The molecule has 0 saturated carbocycles. The molecule has 2 N–H and O–H groups in total. The van der Waals surface area contributed by atoms with E-state index >= 15 is 0 Å². The van der Waals surface area contributed by atoms with Crippen molar-refractivity contribution in [2.24, 2.45) is 0 Å². The van der Waals surface area contributed by atoms with Gasteiger partial charge in [-0.15, -0.1) is 0 Å². The van der Waals surface area contributed by atoms with Crippen LogP contribution in [0.1, 0.15) is 17.3 Å². The molecule has 5 rings (SSSR count). The summed E-state index contributed by atoms with van der Waals surface area (Å²) in [5, 5.41) is 6.53. The van der Waals surface area contributed by atoms with Crippen LogP contribution >= 0.6 is 0 Å². The number of carbonyl (C=O) groups excluding carboxylic acids is 1. The summed E-state index contributed by atoms with van der Waals surface area (Å²) < 4.78 is 13.2. The van der Waals surface area contributed by atoms with Crippen LogP contribution in [0.15, 0.2) is 67.0 Å². The highest BCUT2D eigenvalue weighted by Crippen LogP contribution is 2.26. The van der Waals surface area contributed by atoms with E-state index in [9.17, 15) is 9.18 Å². The van der Waals surface area contributed by atoms with Gasteiger partial charge in [0.1, 0.15) is 17.7 Å². The summed E-state index contributed by atoms with van der Waals surface area (Å²) in [5.74, 6) is 0.274. The molecule has 1 aliphatic heterocycles. The highest BCUT2D eigenvalue weighted by Gasteiger charge is 2.21. The SMILES string of the molecule is C[C@@H]1CN(C(=O)c2ccc(-c3ccc4ncnc(Nc5ccc(F)cc5)c4n3)cc2)CCN1. The van der Waals surface area contributed by atoms with Crippen LogP contribution in [0.3, 0.4) is 0 Å². The van der Waals surface area contributed by atoms with Crippen molar-refractivity contribution >= 4 is 28.4 Å². The van der Waals surface area contributed by atoms with Crippen molar-refractivity contribution in [3.8, 4) is 11.3 Å². The summed E-state index contributed by atoms with van der Waals surface area (Å²) in [6.07, 6.45) is 1.47. The number of piperazine rings is 1. The maximum absolute atomic E-state index is 13.2. The summed E-state index contributed by atoms with van der Waals surface area (Å²) in [7, 11) is 0. The Morgan fingerprint density at radius 2 is 1.85 bits per heavy atom. The third kappa shape index (κ3) is 4.51. The Labute approximate surface area is 190 Å². The van der Waals surface area contributed by atoms with Crippen LogP contribution in [0.4, 0.5) is 15.9 Å². The van der Waals surface area contributed by atoms with Crippen molar-refractivity contribution in [2.75, 3.05) is 25.0 Å². The maximum Gasteiger partial charge on any atom is 0.253 e. The second-order valence-corrected chi connectivity index (χ2v) is 8.10. The average Bonchev–Trinajstić information content (AvgIpc) is 2.85. The molecule has 1 fully saturated rings. The van der Waals surface area contributed by atoms with Crippen molar-refractivity contribution in [3.63, 3.8) is 0 Å². The average molecular weight is 442 g/mol. The number of pyridine rings is 1. The number of nitrogens with zero attached hydrogens (tertiary/aromatic N) is 4. The van der Waals surface area contributed by atoms with Crippen molar-refractivity contribution in [3.05, 3.63) is 78.4 Å². The minimum absolute atomic E-state index is 0.0422. The number of carbonyl (C=O) groups is 1. The number of aromatic nitrogens is 3. The van der Waals surface area contributed by atoms with Gasteiger partial charge in [0.05, 0.1) is 11.2 Å². The second-order valence-electron chi connectivity index (χ2n) is 8.10. The lowest BCUT2D eigenvalue weighted by molar-refractivity contribution is 0.0709. The number of rotatable bonds is 4. The predicted octanol–water partition coefficient (Wildman–Crippen LogP) is 4.01. The molecule has 3 heterocycles. The van der Waals surface area contributed by atoms with Gasteiger partial charge in [0.25, 0.3) is 5.91 Å². The molecule has 1 atom stereocenters. The number of hydrogen-bond donors (Lipinski definition) is 2. The van der Waals surface area contributed by atoms with Crippen LogP contribution in [0, 0.1) is 5.82 Å². The Hall–Kier alpha value is -3.91. The zero-order valence-corrected chi connectivity index (χ0v) is 18.1. The highest BCUT2D eigenvalue weighted by molar-refractivity contribution is 5.95. The fourth-order valence-electron chi connectivity index (χ4n) is 3.95. The van der Waals surface area contributed by atoms with Gasteiger partial charge in [-0.3, -0.25) is 4.79 Å². The van der Waals surface area contributed by atoms with Crippen LogP contribution in [-0.2, 0) is 0 Å². The van der Waals surface area contributed by atoms with Gasteiger partial charge in [-0.1, -0.05) is 12.1 Å². The fourth-order valence-corrected chi connectivity index (χ4v) is 3.95. The van der Waals surface area contributed by atoms with E-state index in [1.807, 2.05) is 41.3 Å². The molecule has 2 aromatic heterocycles. The lowest BCUT2D eigenvalue weighted by Crippen LogP contribution is -2.51. The Morgan fingerprint density at radius 1 is 1.06 bits per heavy atom. The summed E-state index contributed by atoms with van der Waals surface area (Å²) >= 11 is 0. The maximum atomic E-state index is 13.2. The van der Waals surface area contributed by atoms with Gasteiger partial charge < -0.3 is 15.5 Å². The first kappa shape index (κ1) is 21.0. The molecule has 0 aliphatic carbocycles. The monoisotopic (exact) mass is 442 g/mol. The molecule has 4 aromatic rings. The summed E-state index contributed by atoms with van der Waals surface area (Å²) in [6, 6.07) is 17.6. The molecular weight excluding hydrogens is 419 g/mol. The number of benzene rings is 2. The molecule has 0 spiro atoms. The largest absolute Gasteiger partial charge is 0.338 e. The number of amides is 1. The molecule has 8 heteroatoms. The topological polar surface area (TPSA) is 83.0 Å². The van der Waals surface area contributed by atoms with Gasteiger partial charge in [-0.2, -0.15) is 0 Å². The Bertz CT molecular complexity index is 1290. The number of hydrogen-bond acceptors (Lipinski definition) is 6. The first-order valence-corrected chi connectivity index (χ1v) is 10.8. The Balaban J connectivity index is 1.41. The van der Waals surface area contributed by atoms with Gasteiger partial charge in [0.2, 0.25) is 0 Å². The van der Waals surface area contributed by atoms with E-state index in [4.69, 9.17) is 4.98 Å². The first-order chi connectivity index (χ1) is 16.1. The zero-order chi connectivity index (χ0) is 22.8. The predicted molar refractivity (Wildman–Crippen MR) is 126 cm³/mol. The quantitative estimate of drug-likeness (QED) is 0.497. The third-order valence-electron chi connectivity index (χ3n) is 5.67. The lowest BCUT2D eigenvalue weighted by Gasteiger charge is -2.32. The molecule has 7 nitrogen and oxygen atoms in total. The smallest absolute Gasteiger partial charge is 0.253 e. The minimum Gasteiger partial charge on any atom is -0.338 e. The van der Waals surface area contributed by atoms with E-state index in [-0.39, 0.29) is 11.7 Å². The molecular formula is C25H23FN6O. The fraction of sp³-hybridized carbons (Fsp3) is 0.200. The van der Waals surface area contributed by atoms with E-state index in [0.717, 1.165) is 17.8 Å². The van der Waals surface area contributed by atoms with Crippen molar-refractivity contribution in [1.82, 2.24) is 25.2 Å². The summed E-state index contributed by atoms with van der Waals surface area (Å²) in [4.78, 5) is 28.1. The number of nitrogens with one attached hydrogen (secondary N) is 2. The highest BCUT2D eigenvalue weighted by atomic mass is 19.1. The first-order valence-electron chi connectivity index (χ1n) is 10.8. The molecule has 33 heavy (non-hydrogen) atoms. The molecule has 1 aliphatic rings. The van der Waals surface area contributed by atoms with Crippen molar-refractivity contribution in [2.45, 2.75) is 13.0 Å². The molecule has 1 amide bonds. The normalized spacial score (nSPS) is 16.1. The second kappa shape index (κ2) is 8.91. The van der Waals surface area contributed by atoms with Crippen LogP contribution in [0.25, 0.3) is 22.3 Å². The molecule has 166 valence electrons. The molecule has 0 unspecified atom stereocenters. The standard InChI is InChI=1S/C25H23FN6O/c1-16-14-32(13-12-27-16)25(33)18-4-2-17(3-5-18)21-10-11-22-23(31-21)24(29-15-28-22)30-20-8-6-19(26)7-9-20/h2-11,15-16,27H,12-14H2,1H3,(H,28,29,30)/t16-/m1/s1. The molecule has 1 saturated heterocycles. The summed E-state index contributed by atoms with van der Waals surface area (Å²) in [6.45, 7) is 4.30. The minimum atomic E-state index is -0.304. The van der Waals surface area contributed by atoms with Crippen LogP contribution < -0.4 is 10.6 Å². The van der Waals surface area contributed by atoms with E-state index < -0.39 is 0 Å². The molecule has 2 aromatic carbocycles. The number of halogens is 1.